The third-order valence-electron chi connectivity index (χ3n) is 3.72. The van der Waals surface area contributed by atoms with Gasteiger partial charge in [-0.1, -0.05) is 6.07 Å². The van der Waals surface area contributed by atoms with E-state index < -0.39 is 0 Å². The van der Waals surface area contributed by atoms with Gasteiger partial charge in [-0.05, 0) is 56.5 Å². The lowest BCUT2D eigenvalue weighted by molar-refractivity contribution is 0.936. The van der Waals surface area contributed by atoms with E-state index in [2.05, 4.69) is 43.7 Å². The minimum absolute atomic E-state index is 0.637. The molecular weight excluding hydrogens is 222 g/mol. The summed E-state index contributed by atoms with van der Waals surface area (Å²) in [7, 11) is 0. The van der Waals surface area contributed by atoms with Gasteiger partial charge in [0.1, 0.15) is 0 Å². The summed E-state index contributed by atoms with van der Waals surface area (Å²) in [5.74, 6) is 0. The predicted molar refractivity (Wildman–Crippen MR) is 75.7 cm³/mol. The fraction of sp³-hybridized carbons (Fsp3) is 0.400. The number of imidazole rings is 1. The van der Waals surface area contributed by atoms with Crippen molar-refractivity contribution in [3.8, 4) is 11.3 Å². The molecule has 1 aromatic carbocycles. The molecule has 0 aliphatic carbocycles. The molecule has 1 heterocycles. The van der Waals surface area contributed by atoms with Crippen LogP contribution in [0, 0.1) is 27.7 Å². The van der Waals surface area contributed by atoms with E-state index in [-0.39, 0.29) is 0 Å². The molecular formula is C15H21N3. The quantitative estimate of drug-likeness (QED) is 0.871. The Morgan fingerprint density at radius 1 is 1.11 bits per heavy atom. The largest absolute Gasteiger partial charge is 0.348 e. The Bertz CT molecular complexity index is 541. The van der Waals surface area contributed by atoms with Crippen molar-refractivity contribution in [1.82, 2.24) is 9.97 Å². The van der Waals surface area contributed by atoms with E-state index in [1.54, 1.807) is 6.33 Å². The maximum absolute atomic E-state index is 5.65. The third-order valence-corrected chi connectivity index (χ3v) is 3.72. The van der Waals surface area contributed by atoms with Crippen LogP contribution in [0.25, 0.3) is 11.3 Å². The van der Waals surface area contributed by atoms with Crippen LogP contribution in [-0.2, 0) is 6.42 Å². The second kappa shape index (κ2) is 4.94. The SMILES string of the molecule is Cc1cc(C)c(C)c(-c2nc[nH]c2CCN)c1C. The van der Waals surface area contributed by atoms with Gasteiger partial charge in [0.25, 0.3) is 0 Å². The molecule has 1 aromatic heterocycles. The monoisotopic (exact) mass is 243 g/mol. The van der Waals surface area contributed by atoms with Crippen LogP contribution < -0.4 is 5.73 Å². The number of hydrogen-bond acceptors (Lipinski definition) is 2. The van der Waals surface area contributed by atoms with Crippen molar-refractivity contribution >= 4 is 0 Å². The molecule has 0 spiro atoms. The summed E-state index contributed by atoms with van der Waals surface area (Å²) in [5, 5.41) is 0. The fourth-order valence-corrected chi connectivity index (χ4v) is 2.44. The molecule has 3 nitrogen and oxygen atoms in total. The van der Waals surface area contributed by atoms with Crippen LogP contribution in [0.2, 0.25) is 0 Å². The molecule has 2 aromatic rings. The van der Waals surface area contributed by atoms with Crippen LogP contribution in [0.5, 0.6) is 0 Å². The lowest BCUT2D eigenvalue weighted by Crippen LogP contribution is -2.05. The first kappa shape index (κ1) is 12.8. The minimum Gasteiger partial charge on any atom is -0.348 e. The summed E-state index contributed by atoms with van der Waals surface area (Å²) < 4.78 is 0. The average molecular weight is 243 g/mol. The molecule has 0 unspecified atom stereocenters. The zero-order chi connectivity index (χ0) is 13.3. The molecule has 0 fully saturated rings. The van der Waals surface area contributed by atoms with Gasteiger partial charge in [0.15, 0.2) is 0 Å². The van der Waals surface area contributed by atoms with Crippen LogP contribution in [-0.4, -0.2) is 16.5 Å². The molecule has 0 aliphatic rings. The first-order valence-corrected chi connectivity index (χ1v) is 6.36. The number of rotatable bonds is 3. The second-order valence-corrected chi connectivity index (χ2v) is 4.90. The highest BCUT2D eigenvalue weighted by Gasteiger charge is 2.15. The molecule has 96 valence electrons. The van der Waals surface area contributed by atoms with Gasteiger partial charge in [0.2, 0.25) is 0 Å². The number of nitrogens with zero attached hydrogens (tertiary/aromatic N) is 1. The normalized spacial score (nSPS) is 10.9. The van der Waals surface area contributed by atoms with Crippen LogP contribution in [0.3, 0.4) is 0 Å². The van der Waals surface area contributed by atoms with Gasteiger partial charge in [0.05, 0.1) is 12.0 Å². The Morgan fingerprint density at radius 3 is 2.28 bits per heavy atom. The molecule has 0 atom stereocenters. The molecule has 0 aliphatic heterocycles. The van der Waals surface area contributed by atoms with Crippen LogP contribution >= 0.6 is 0 Å². The lowest BCUT2D eigenvalue weighted by atomic mass is 9.91. The summed E-state index contributed by atoms with van der Waals surface area (Å²) in [6.45, 7) is 9.27. The van der Waals surface area contributed by atoms with Crippen molar-refractivity contribution in [2.45, 2.75) is 34.1 Å². The number of nitrogens with two attached hydrogens (primary N) is 1. The topological polar surface area (TPSA) is 54.7 Å². The Labute approximate surface area is 108 Å². The zero-order valence-corrected chi connectivity index (χ0v) is 11.6. The first-order chi connectivity index (χ1) is 8.56. The molecule has 0 amide bonds. The van der Waals surface area contributed by atoms with Gasteiger partial charge in [-0.25, -0.2) is 4.98 Å². The van der Waals surface area contributed by atoms with Gasteiger partial charge < -0.3 is 10.7 Å². The predicted octanol–water partition coefficient (Wildman–Crippen LogP) is 2.81. The van der Waals surface area contributed by atoms with Crippen molar-refractivity contribution in [1.29, 1.82) is 0 Å². The van der Waals surface area contributed by atoms with Gasteiger partial charge >= 0.3 is 0 Å². The summed E-state index contributed by atoms with van der Waals surface area (Å²) >= 11 is 0. The molecule has 0 saturated carbocycles. The van der Waals surface area contributed by atoms with E-state index in [1.165, 1.54) is 27.8 Å². The summed E-state index contributed by atoms with van der Waals surface area (Å²) in [4.78, 5) is 7.71. The van der Waals surface area contributed by atoms with E-state index in [4.69, 9.17) is 5.73 Å². The van der Waals surface area contributed by atoms with Gasteiger partial charge in [-0.3, -0.25) is 0 Å². The average Bonchev–Trinajstić information content (AvgIpc) is 2.76. The van der Waals surface area contributed by atoms with Crippen molar-refractivity contribution in [3.05, 3.63) is 40.3 Å². The fourth-order valence-electron chi connectivity index (χ4n) is 2.44. The minimum atomic E-state index is 0.637. The summed E-state index contributed by atoms with van der Waals surface area (Å²) in [5.41, 5.74) is 14.4. The van der Waals surface area contributed by atoms with Crippen molar-refractivity contribution in [3.63, 3.8) is 0 Å². The van der Waals surface area contributed by atoms with E-state index in [1.807, 2.05) is 0 Å². The molecule has 0 saturated heterocycles. The lowest BCUT2D eigenvalue weighted by Gasteiger charge is -2.15. The zero-order valence-electron chi connectivity index (χ0n) is 11.6. The maximum Gasteiger partial charge on any atom is 0.0929 e. The summed E-state index contributed by atoms with van der Waals surface area (Å²) in [6.07, 6.45) is 2.60. The van der Waals surface area contributed by atoms with Gasteiger partial charge in [0, 0.05) is 17.7 Å². The third kappa shape index (κ3) is 2.06. The highest BCUT2D eigenvalue weighted by molar-refractivity contribution is 5.72. The number of aryl methyl sites for hydroxylation is 2. The second-order valence-electron chi connectivity index (χ2n) is 4.90. The molecule has 3 N–H and O–H groups in total. The number of hydrogen-bond donors (Lipinski definition) is 2. The maximum atomic E-state index is 5.65. The number of aromatic nitrogens is 2. The first-order valence-electron chi connectivity index (χ1n) is 6.36. The van der Waals surface area contributed by atoms with E-state index in [9.17, 15) is 0 Å². The van der Waals surface area contributed by atoms with E-state index in [0.717, 1.165) is 17.8 Å². The highest BCUT2D eigenvalue weighted by atomic mass is 14.9. The van der Waals surface area contributed by atoms with E-state index in [0.29, 0.717) is 6.54 Å². The van der Waals surface area contributed by atoms with Crippen LogP contribution in [0.4, 0.5) is 0 Å². The van der Waals surface area contributed by atoms with Crippen molar-refractivity contribution < 1.29 is 0 Å². The Hall–Kier alpha value is -1.61. The number of benzene rings is 1. The molecule has 2 rings (SSSR count). The van der Waals surface area contributed by atoms with Crippen LogP contribution in [0.15, 0.2) is 12.4 Å². The molecule has 18 heavy (non-hydrogen) atoms. The van der Waals surface area contributed by atoms with Crippen molar-refractivity contribution in [2.24, 2.45) is 5.73 Å². The van der Waals surface area contributed by atoms with Crippen molar-refractivity contribution in [2.75, 3.05) is 6.54 Å². The molecule has 3 heteroatoms. The Kier molecular flexibility index (Phi) is 3.53. The number of H-pyrrole nitrogens is 1. The molecule has 0 radical (unpaired) electrons. The highest BCUT2D eigenvalue weighted by Crippen LogP contribution is 2.31. The van der Waals surface area contributed by atoms with Gasteiger partial charge in [-0.2, -0.15) is 0 Å². The summed E-state index contributed by atoms with van der Waals surface area (Å²) in [6, 6.07) is 2.24. The molecule has 0 bridgehead atoms. The number of nitrogens with one attached hydrogen (secondary N) is 1. The smallest absolute Gasteiger partial charge is 0.0929 e. The van der Waals surface area contributed by atoms with E-state index >= 15 is 0 Å². The van der Waals surface area contributed by atoms with Gasteiger partial charge in [-0.15, -0.1) is 0 Å². The Morgan fingerprint density at radius 2 is 1.72 bits per heavy atom. The standard InChI is InChI=1S/C15H21N3/c1-9-7-10(2)12(4)14(11(9)3)15-13(5-6-16)17-8-18-15/h7-8H,5-6,16H2,1-4H3,(H,17,18). The number of aromatic amines is 1. The van der Waals surface area contributed by atoms with Crippen LogP contribution in [0.1, 0.15) is 27.9 Å². The Balaban J connectivity index is 2.66.